The number of halogens is 1. The Morgan fingerprint density at radius 2 is 1.69 bits per heavy atom. The highest BCUT2D eigenvalue weighted by atomic mass is 35.5. The van der Waals surface area contributed by atoms with Crippen LogP contribution in [0.1, 0.15) is 52.2 Å². The average molecular weight is 448 g/mol. The van der Waals surface area contributed by atoms with E-state index in [1.807, 2.05) is 29.6 Å². The van der Waals surface area contributed by atoms with Gasteiger partial charge in [0.2, 0.25) is 0 Å². The first kappa shape index (κ1) is 21.6. The molecule has 1 unspecified atom stereocenters. The van der Waals surface area contributed by atoms with Crippen molar-refractivity contribution in [3.63, 3.8) is 0 Å². The van der Waals surface area contributed by atoms with Gasteiger partial charge in [0.15, 0.2) is 9.84 Å². The maximum absolute atomic E-state index is 13.0. The van der Waals surface area contributed by atoms with Crippen LogP contribution in [0.3, 0.4) is 0 Å². The molecular weight excluding hydrogens is 426 g/mol. The Morgan fingerprint density at radius 3 is 2.24 bits per heavy atom. The number of rotatable bonds is 6. The fraction of sp³-hybridized carbons (Fsp3) is 0.227. The molecule has 0 fully saturated rings. The summed E-state index contributed by atoms with van der Waals surface area (Å²) < 4.78 is 23.7. The van der Waals surface area contributed by atoms with Gasteiger partial charge in [-0.2, -0.15) is 0 Å². The van der Waals surface area contributed by atoms with Gasteiger partial charge in [-0.3, -0.25) is 4.79 Å². The van der Waals surface area contributed by atoms with Crippen LogP contribution in [0.4, 0.5) is 0 Å². The molecule has 1 aromatic heterocycles. The monoisotopic (exact) mass is 447 g/mol. The Bertz CT molecular complexity index is 1110. The van der Waals surface area contributed by atoms with Crippen LogP contribution in [0.25, 0.3) is 0 Å². The second kappa shape index (κ2) is 8.69. The molecule has 0 aliphatic heterocycles. The van der Waals surface area contributed by atoms with Crippen molar-refractivity contribution in [2.45, 2.75) is 30.7 Å². The van der Waals surface area contributed by atoms with Crippen LogP contribution in [0.15, 0.2) is 64.9 Å². The van der Waals surface area contributed by atoms with E-state index in [2.05, 4.69) is 31.3 Å². The Kier molecular flexibility index (Phi) is 6.46. The zero-order valence-electron chi connectivity index (χ0n) is 16.3. The van der Waals surface area contributed by atoms with E-state index in [0.29, 0.717) is 5.92 Å². The first-order valence-corrected chi connectivity index (χ1v) is 12.3. The summed E-state index contributed by atoms with van der Waals surface area (Å²) in [6.07, 6.45) is 1.10. The second-order valence-electron chi connectivity index (χ2n) is 7.16. The summed E-state index contributed by atoms with van der Waals surface area (Å²) in [4.78, 5) is 14.0. The summed E-state index contributed by atoms with van der Waals surface area (Å²) in [6.45, 7) is 4.26. The number of hydrogen-bond acceptors (Lipinski definition) is 4. The number of benzene rings is 2. The fourth-order valence-corrected chi connectivity index (χ4v) is 4.62. The van der Waals surface area contributed by atoms with Crippen molar-refractivity contribution in [1.29, 1.82) is 0 Å². The van der Waals surface area contributed by atoms with E-state index in [9.17, 15) is 13.2 Å². The van der Waals surface area contributed by atoms with E-state index >= 15 is 0 Å². The van der Waals surface area contributed by atoms with Gasteiger partial charge in [-0.05, 0) is 46.7 Å². The number of nitrogens with one attached hydrogen (secondary N) is 1. The molecule has 1 N–H and O–H groups in total. The molecule has 0 aliphatic rings. The highest BCUT2D eigenvalue weighted by Gasteiger charge is 2.22. The number of sulfone groups is 1. The summed E-state index contributed by atoms with van der Waals surface area (Å²) in [6, 6.07) is 15.8. The molecule has 3 rings (SSSR count). The predicted octanol–water partition coefficient (Wildman–Crippen LogP) is 5.45. The van der Waals surface area contributed by atoms with Gasteiger partial charge in [0.1, 0.15) is 0 Å². The quantitative estimate of drug-likeness (QED) is 0.546. The van der Waals surface area contributed by atoms with Gasteiger partial charge in [-0.1, -0.05) is 55.8 Å². The summed E-state index contributed by atoms with van der Waals surface area (Å²) in [5, 5.41) is 5.17. The van der Waals surface area contributed by atoms with Gasteiger partial charge < -0.3 is 5.32 Å². The Morgan fingerprint density at radius 1 is 1.03 bits per heavy atom. The fourth-order valence-electron chi connectivity index (χ4n) is 2.97. The lowest BCUT2D eigenvalue weighted by atomic mass is 9.98. The first-order valence-electron chi connectivity index (χ1n) is 9.10. The molecule has 2 aromatic carbocycles. The van der Waals surface area contributed by atoms with Crippen LogP contribution in [0.2, 0.25) is 5.02 Å². The maximum atomic E-state index is 13.0. The van der Waals surface area contributed by atoms with Gasteiger partial charge in [0.25, 0.3) is 5.91 Å². The maximum Gasteiger partial charge on any atom is 0.253 e. The molecule has 1 heterocycles. The molecule has 4 nitrogen and oxygen atoms in total. The molecule has 0 spiro atoms. The number of hydrogen-bond donors (Lipinski definition) is 1. The van der Waals surface area contributed by atoms with Crippen LogP contribution in [0, 0.1) is 0 Å². The van der Waals surface area contributed by atoms with Crippen molar-refractivity contribution in [2.24, 2.45) is 0 Å². The van der Waals surface area contributed by atoms with Gasteiger partial charge >= 0.3 is 0 Å². The number of thiophene rings is 1. The van der Waals surface area contributed by atoms with Crippen molar-refractivity contribution in [3.05, 3.63) is 86.6 Å². The van der Waals surface area contributed by atoms with Crippen LogP contribution >= 0.6 is 22.9 Å². The summed E-state index contributed by atoms with van der Waals surface area (Å²) in [5.41, 5.74) is 2.30. The topological polar surface area (TPSA) is 63.2 Å². The van der Waals surface area contributed by atoms with Crippen molar-refractivity contribution < 1.29 is 13.2 Å². The molecule has 0 saturated heterocycles. The predicted molar refractivity (Wildman–Crippen MR) is 119 cm³/mol. The third kappa shape index (κ3) is 5.07. The third-order valence-corrected chi connectivity index (χ3v) is 7.03. The molecule has 0 aliphatic carbocycles. The van der Waals surface area contributed by atoms with Crippen LogP contribution in [-0.2, 0) is 9.84 Å². The molecule has 3 aromatic rings. The Hall–Kier alpha value is -2.15. The second-order valence-corrected chi connectivity index (χ2v) is 10.6. The molecule has 0 bridgehead atoms. The summed E-state index contributed by atoms with van der Waals surface area (Å²) in [7, 11) is -3.45. The van der Waals surface area contributed by atoms with Crippen molar-refractivity contribution in [1.82, 2.24) is 5.32 Å². The summed E-state index contributed by atoms with van der Waals surface area (Å²) >= 11 is 7.74. The lowest BCUT2D eigenvalue weighted by Crippen LogP contribution is -2.29. The molecule has 152 valence electrons. The first-order chi connectivity index (χ1) is 13.7. The largest absolute Gasteiger partial charge is 0.340 e. The molecule has 0 saturated carbocycles. The van der Waals surface area contributed by atoms with E-state index in [1.165, 1.54) is 23.8 Å². The Labute approximate surface area is 180 Å². The van der Waals surface area contributed by atoms with Crippen molar-refractivity contribution in [2.75, 3.05) is 6.26 Å². The number of carbonyl (C=O) groups is 1. The number of carbonyl (C=O) groups excluding carboxylic acids is 1. The van der Waals surface area contributed by atoms with Gasteiger partial charge in [-0.15, -0.1) is 11.3 Å². The molecule has 1 atom stereocenters. The molecule has 1 amide bonds. The molecular formula is C22H22ClNO3S2. The molecule has 7 heteroatoms. The normalized spacial score (nSPS) is 12.7. The minimum absolute atomic E-state index is 0.0565. The highest BCUT2D eigenvalue weighted by molar-refractivity contribution is 7.90. The lowest BCUT2D eigenvalue weighted by Gasteiger charge is -2.19. The van der Waals surface area contributed by atoms with Gasteiger partial charge in [-0.25, -0.2) is 8.42 Å². The van der Waals surface area contributed by atoms with Gasteiger partial charge in [0.05, 0.1) is 21.5 Å². The Balaban J connectivity index is 1.96. The van der Waals surface area contributed by atoms with E-state index < -0.39 is 15.7 Å². The third-order valence-electron chi connectivity index (χ3n) is 4.65. The zero-order valence-corrected chi connectivity index (χ0v) is 18.7. The minimum atomic E-state index is -3.45. The number of amides is 1. The molecule has 29 heavy (non-hydrogen) atoms. The standard InChI is InChI=1S/C22H22ClNO3S2/c1-14(2)15-6-8-16(9-7-15)21(20-5-4-12-28-20)24-22(25)18-13-17(29(3,26)27)10-11-19(18)23/h4-14,21H,1-3H3,(H,24,25). The van der Waals surface area contributed by atoms with Crippen LogP contribution in [-0.4, -0.2) is 20.6 Å². The summed E-state index contributed by atoms with van der Waals surface area (Å²) in [5.74, 6) is -0.0109. The lowest BCUT2D eigenvalue weighted by molar-refractivity contribution is 0.0943. The van der Waals surface area contributed by atoms with E-state index in [-0.39, 0.29) is 21.5 Å². The van der Waals surface area contributed by atoms with Gasteiger partial charge in [0, 0.05) is 11.1 Å². The zero-order chi connectivity index (χ0) is 21.2. The van der Waals surface area contributed by atoms with E-state index in [4.69, 9.17) is 11.6 Å². The highest BCUT2D eigenvalue weighted by Crippen LogP contribution is 2.29. The van der Waals surface area contributed by atoms with E-state index in [0.717, 1.165) is 16.7 Å². The average Bonchev–Trinajstić information content (AvgIpc) is 3.20. The molecule has 0 radical (unpaired) electrons. The van der Waals surface area contributed by atoms with Crippen LogP contribution in [0.5, 0.6) is 0 Å². The SMILES string of the molecule is CC(C)c1ccc(C(NC(=O)c2cc(S(C)(=O)=O)ccc2Cl)c2cccs2)cc1. The van der Waals surface area contributed by atoms with E-state index in [1.54, 1.807) is 11.3 Å². The van der Waals surface area contributed by atoms with Crippen molar-refractivity contribution >= 4 is 38.7 Å². The van der Waals surface area contributed by atoms with Crippen molar-refractivity contribution in [3.8, 4) is 0 Å². The smallest absolute Gasteiger partial charge is 0.253 e. The minimum Gasteiger partial charge on any atom is -0.340 e. The van der Waals surface area contributed by atoms with Crippen LogP contribution < -0.4 is 5.32 Å².